The van der Waals surface area contributed by atoms with Gasteiger partial charge in [0.15, 0.2) is 0 Å². The molecule has 0 spiro atoms. The number of hydrogen-bond donors (Lipinski definition) is 0. The number of amides is 1. The van der Waals surface area contributed by atoms with Crippen LogP contribution in [0.25, 0.3) is 0 Å². The van der Waals surface area contributed by atoms with Crippen molar-refractivity contribution in [3.8, 4) is 0 Å². The van der Waals surface area contributed by atoms with Crippen LogP contribution in [0.1, 0.15) is 40.6 Å². The summed E-state index contributed by atoms with van der Waals surface area (Å²) < 4.78 is 8.39. The molecule has 1 atom stereocenters. The van der Waals surface area contributed by atoms with Gasteiger partial charge in [0, 0.05) is 63.2 Å². The largest absolute Gasteiger partial charge is 0.369 e. The van der Waals surface area contributed by atoms with E-state index in [0.717, 1.165) is 80.5 Å². The summed E-state index contributed by atoms with van der Waals surface area (Å²) in [6.45, 7) is 7.15. The third kappa shape index (κ3) is 5.77. The highest BCUT2D eigenvalue weighted by molar-refractivity contribution is 6.30. The quantitative estimate of drug-likeness (QED) is 0.431. The summed E-state index contributed by atoms with van der Waals surface area (Å²) in [6, 6.07) is 20.3. The molecule has 1 saturated heterocycles. The van der Waals surface area contributed by atoms with E-state index in [1.54, 1.807) is 0 Å². The highest BCUT2D eigenvalue weighted by Crippen LogP contribution is 2.31. The van der Waals surface area contributed by atoms with E-state index >= 15 is 0 Å². The number of carbonyl (C=O) groups excluding carboxylic acids is 1. The van der Waals surface area contributed by atoms with Gasteiger partial charge >= 0.3 is 0 Å². The number of aryl methyl sites for hydroxylation is 1. The van der Waals surface area contributed by atoms with Crippen LogP contribution in [0.3, 0.4) is 0 Å². The second-order valence-corrected chi connectivity index (χ2v) is 10.2. The Labute approximate surface area is 219 Å². The van der Waals surface area contributed by atoms with E-state index in [1.165, 1.54) is 5.69 Å². The molecule has 1 aromatic heterocycles. The first kappa shape index (κ1) is 24.9. The van der Waals surface area contributed by atoms with Crippen LogP contribution in [-0.2, 0) is 18.4 Å². The fourth-order valence-corrected chi connectivity index (χ4v) is 5.44. The molecule has 1 fully saturated rings. The average molecular weight is 507 g/mol. The van der Waals surface area contributed by atoms with Crippen molar-refractivity contribution in [2.24, 2.45) is 7.05 Å². The standard InChI is InChI=1S/C29H35ClN4O2/c1-31-16-12-26-28(31)27(36-22-23-6-3-2-4-7-23)13-17-34(29(26)35)15-5-14-32-18-20-33(21-19-32)25-10-8-24(30)9-11-25/h2-4,6-12,16,27H,5,13-15,17-22H2,1H3. The topological polar surface area (TPSA) is 41.0 Å². The minimum atomic E-state index is -0.0879. The van der Waals surface area contributed by atoms with Gasteiger partial charge in [0.1, 0.15) is 6.10 Å². The van der Waals surface area contributed by atoms with Gasteiger partial charge in [0.2, 0.25) is 0 Å². The van der Waals surface area contributed by atoms with Crippen molar-refractivity contribution in [3.63, 3.8) is 0 Å². The van der Waals surface area contributed by atoms with E-state index in [0.29, 0.717) is 6.61 Å². The SMILES string of the molecule is Cn1ccc2c1C(OCc1ccccc1)CCN(CCCN1CCN(c3ccc(Cl)cc3)CC1)C2=O. The van der Waals surface area contributed by atoms with Crippen molar-refractivity contribution < 1.29 is 9.53 Å². The van der Waals surface area contributed by atoms with Gasteiger partial charge in [0.05, 0.1) is 17.9 Å². The van der Waals surface area contributed by atoms with Crippen LogP contribution in [0, 0.1) is 0 Å². The van der Waals surface area contributed by atoms with Crippen LogP contribution in [0.4, 0.5) is 5.69 Å². The van der Waals surface area contributed by atoms with E-state index in [1.807, 2.05) is 59.1 Å². The van der Waals surface area contributed by atoms with Crippen molar-refractivity contribution >= 4 is 23.2 Å². The molecule has 2 aromatic carbocycles. The average Bonchev–Trinajstić information content (AvgIpc) is 3.23. The van der Waals surface area contributed by atoms with Crippen LogP contribution >= 0.6 is 11.6 Å². The van der Waals surface area contributed by atoms with Crippen LogP contribution in [0.5, 0.6) is 0 Å². The zero-order valence-corrected chi connectivity index (χ0v) is 21.7. The molecule has 2 aliphatic rings. The molecular formula is C29H35ClN4O2. The Kier molecular flexibility index (Phi) is 7.95. The minimum absolute atomic E-state index is 0.0879. The highest BCUT2D eigenvalue weighted by Gasteiger charge is 2.31. The Morgan fingerprint density at radius 2 is 1.67 bits per heavy atom. The molecule has 0 aliphatic carbocycles. The summed E-state index contributed by atoms with van der Waals surface area (Å²) in [5.41, 5.74) is 4.16. The molecule has 2 aliphatic heterocycles. The Morgan fingerprint density at radius 3 is 2.42 bits per heavy atom. The summed E-state index contributed by atoms with van der Waals surface area (Å²) >= 11 is 6.03. The molecule has 0 radical (unpaired) electrons. The van der Waals surface area contributed by atoms with Gasteiger partial charge in [-0.1, -0.05) is 41.9 Å². The first-order valence-corrected chi connectivity index (χ1v) is 13.3. The van der Waals surface area contributed by atoms with E-state index in [9.17, 15) is 4.79 Å². The Bertz CT molecular complexity index is 1140. The van der Waals surface area contributed by atoms with Gasteiger partial charge < -0.3 is 19.1 Å². The van der Waals surface area contributed by atoms with Gasteiger partial charge in [-0.2, -0.15) is 0 Å². The van der Waals surface area contributed by atoms with Gasteiger partial charge in [-0.05, 0) is 55.3 Å². The molecule has 36 heavy (non-hydrogen) atoms. The number of benzene rings is 2. The first-order valence-electron chi connectivity index (χ1n) is 12.9. The maximum absolute atomic E-state index is 13.4. The summed E-state index contributed by atoms with van der Waals surface area (Å²) in [7, 11) is 2.00. The lowest BCUT2D eigenvalue weighted by Crippen LogP contribution is -2.47. The highest BCUT2D eigenvalue weighted by atomic mass is 35.5. The zero-order valence-electron chi connectivity index (χ0n) is 21.0. The minimum Gasteiger partial charge on any atom is -0.369 e. The van der Waals surface area contributed by atoms with Gasteiger partial charge in [-0.3, -0.25) is 9.69 Å². The molecule has 190 valence electrons. The predicted octanol–water partition coefficient (Wildman–Crippen LogP) is 4.99. The van der Waals surface area contributed by atoms with Crippen LogP contribution in [0.2, 0.25) is 5.02 Å². The predicted molar refractivity (Wildman–Crippen MR) is 145 cm³/mol. The monoisotopic (exact) mass is 506 g/mol. The van der Waals surface area contributed by atoms with Crippen molar-refractivity contribution in [1.29, 1.82) is 0 Å². The fourth-order valence-electron chi connectivity index (χ4n) is 5.32. The number of hydrogen-bond acceptors (Lipinski definition) is 4. The third-order valence-corrected chi connectivity index (χ3v) is 7.62. The molecule has 1 unspecified atom stereocenters. The van der Waals surface area contributed by atoms with E-state index < -0.39 is 0 Å². The normalized spacial score (nSPS) is 18.8. The number of aromatic nitrogens is 1. The summed E-state index contributed by atoms with van der Waals surface area (Å²) in [4.78, 5) is 20.3. The Hall–Kier alpha value is -2.80. The number of rotatable bonds is 8. The summed E-state index contributed by atoms with van der Waals surface area (Å²) in [5.74, 6) is 0.129. The Morgan fingerprint density at radius 1 is 0.917 bits per heavy atom. The van der Waals surface area contributed by atoms with Crippen LogP contribution in [0.15, 0.2) is 66.9 Å². The Balaban J connectivity index is 1.13. The van der Waals surface area contributed by atoms with Gasteiger partial charge in [-0.25, -0.2) is 0 Å². The molecule has 1 amide bonds. The molecule has 3 aromatic rings. The number of anilines is 1. The van der Waals surface area contributed by atoms with Crippen LogP contribution < -0.4 is 4.90 Å². The second kappa shape index (κ2) is 11.5. The summed E-state index contributed by atoms with van der Waals surface area (Å²) in [5, 5.41) is 0.775. The van der Waals surface area contributed by atoms with E-state index in [-0.39, 0.29) is 12.0 Å². The number of carbonyl (C=O) groups is 1. The number of halogens is 1. The molecule has 3 heterocycles. The lowest BCUT2D eigenvalue weighted by molar-refractivity contribution is 0.0261. The second-order valence-electron chi connectivity index (χ2n) is 9.75. The molecular weight excluding hydrogens is 472 g/mol. The van der Waals surface area contributed by atoms with Crippen LogP contribution in [-0.4, -0.2) is 66.1 Å². The number of piperazine rings is 1. The van der Waals surface area contributed by atoms with Crippen molar-refractivity contribution in [3.05, 3.63) is 88.7 Å². The third-order valence-electron chi connectivity index (χ3n) is 7.37. The summed E-state index contributed by atoms with van der Waals surface area (Å²) in [6.07, 6.45) is 3.67. The maximum Gasteiger partial charge on any atom is 0.255 e. The lowest BCUT2D eigenvalue weighted by Gasteiger charge is -2.36. The van der Waals surface area contributed by atoms with Gasteiger partial charge in [0.25, 0.3) is 5.91 Å². The number of ether oxygens (including phenoxy) is 1. The van der Waals surface area contributed by atoms with E-state index in [2.05, 4.69) is 34.1 Å². The number of nitrogens with zero attached hydrogens (tertiary/aromatic N) is 4. The molecule has 5 rings (SSSR count). The molecule has 0 N–H and O–H groups in total. The maximum atomic E-state index is 13.4. The zero-order chi connectivity index (χ0) is 24.9. The number of fused-ring (bicyclic) bond motifs is 1. The smallest absolute Gasteiger partial charge is 0.255 e. The van der Waals surface area contributed by atoms with Crippen molar-refractivity contribution in [2.75, 3.05) is 50.7 Å². The molecule has 0 bridgehead atoms. The first-order chi connectivity index (χ1) is 17.6. The van der Waals surface area contributed by atoms with E-state index in [4.69, 9.17) is 16.3 Å². The fraction of sp³-hybridized carbons (Fsp3) is 0.414. The molecule has 6 nitrogen and oxygen atoms in total. The van der Waals surface area contributed by atoms with Gasteiger partial charge in [-0.15, -0.1) is 0 Å². The van der Waals surface area contributed by atoms with Crippen molar-refractivity contribution in [2.45, 2.75) is 25.6 Å². The lowest BCUT2D eigenvalue weighted by atomic mass is 10.1. The van der Waals surface area contributed by atoms with Crippen molar-refractivity contribution in [1.82, 2.24) is 14.4 Å². The molecule has 0 saturated carbocycles. The molecule has 7 heteroatoms.